The average Bonchev–Trinajstić information content (AvgIpc) is 2.85. The number of ether oxygens (including phenoxy) is 3. The van der Waals surface area contributed by atoms with E-state index in [0.29, 0.717) is 28.8 Å². The Hall–Kier alpha value is -2.50. The minimum absolute atomic E-state index is 0.218. The second kappa shape index (κ2) is 4.06. The minimum atomic E-state index is 0.218. The molecule has 0 spiro atoms. The highest BCUT2D eigenvalue weighted by Crippen LogP contribution is 2.41. The van der Waals surface area contributed by atoms with Gasteiger partial charge in [0.25, 0.3) is 0 Å². The van der Waals surface area contributed by atoms with Crippen molar-refractivity contribution in [3.8, 4) is 28.5 Å². The van der Waals surface area contributed by atoms with Gasteiger partial charge in [0.1, 0.15) is 11.6 Å². The van der Waals surface area contributed by atoms with Crippen molar-refractivity contribution in [1.29, 1.82) is 0 Å². The van der Waals surface area contributed by atoms with Crippen molar-refractivity contribution in [2.75, 3.05) is 19.6 Å². The van der Waals surface area contributed by atoms with Crippen molar-refractivity contribution in [2.45, 2.75) is 0 Å². The summed E-state index contributed by atoms with van der Waals surface area (Å²) >= 11 is 0. The lowest BCUT2D eigenvalue weighted by molar-refractivity contribution is 0.174. The summed E-state index contributed by atoms with van der Waals surface area (Å²) in [7, 11) is 1.59. The van der Waals surface area contributed by atoms with E-state index in [2.05, 4.69) is 9.97 Å². The van der Waals surface area contributed by atoms with Crippen molar-refractivity contribution in [3.63, 3.8) is 0 Å². The van der Waals surface area contributed by atoms with Gasteiger partial charge in [-0.25, -0.2) is 4.98 Å². The topological polar surface area (TPSA) is 79.5 Å². The Balaban J connectivity index is 2.13. The number of nitrogens with zero attached hydrogens (tertiary/aromatic N) is 2. The molecular formula is C12H11N3O3. The SMILES string of the molecule is COc1cc2c(cc1-c1cnc(N)cn1)OCO2. The minimum Gasteiger partial charge on any atom is -0.496 e. The molecule has 0 aliphatic carbocycles. The standard InChI is InChI=1S/C12H11N3O3/c1-16-9-3-11-10(17-6-18-11)2-7(9)8-4-15-12(13)5-14-8/h2-5H,6H2,1H3,(H2,13,15). The number of anilines is 1. The number of nitrogen functional groups attached to an aromatic ring is 1. The van der Waals surface area contributed by atoms with Gasteiger partial charge < -0.3 is 19.9 Å². The van der Waals surface area contributed by atoms with Gasteiger partial charge in [-0.05, 0) is 6.07 Å². The van der Waals surface area contributed by atoms with Gasteiger partial charge in [-0.2, -0.15) is 0 Å². The first-order valence-electron chi connectivity index (χ1n) is 5.33. The first-order chi connectivity index (χ1) is 8.78. The molecule has 1 aliphatic rings. The molecule has 1 aromatic carbocycles. The molecule has 3 rings (SSSR count). The van der Waals surface area contributed by atoms with Crippen LogP contribution in [0.5, 0.6) is 17.2 Å². The summed E-state index contributed by atoms with van der Waals surface area (Å²) in [4.78, 5) is 8.23. The lowest BCUT2D eigenvalue weighted by Gasteiger charge is -2.09. The Bertz CT molecular complexity index is 584. The fourth-order valence-corrected chi connectivity index (χ4v) is 1.77. The van der Waals surface area contributed by atoms with Crippen LogP contribution >= 0.6 is 0 Å². The summed E-state index contributed by atoms with van der Waals surface area (Å²) in [6.07, 6.45) is 3.09. The number of aromatic nitrogens is 2. The van der Waals surface area contributed by atoms with Crippen molar-refractivity contribution >= 4 is 5.82 Å². The third kappa shape index (κ3) is 1.67. The van der Waals surface area contributed by atoms with E-state index >= 15 is 0 Å². The molecule has 0 saturated carbocycles. The van der Waals surface area contributed by atoms with Crippen molar-refractivity contribution in [2.24, 2.45) is 0 Å². The number of hydrogen-bond acceptors (Lipinski definition) is 6. The predicted octanol–water partition coefficient (Wildman–Crippen LogP) is 1.46. The second-order valence-corrected chi connectivity index (χ2v) is 3.73. The van der Waals surface area contributed by atoms with Gasteiger partial charge in [0, 0.05) is 11.6 Å². The van der Waals surface area contributed by atoms with Crippen molar-refractivity contribution < 1.29 is 14.2 Å². The second-order valence-electron chi connectivity index (χ2n) is 3.73. The summed E-state index contributed by atoms with van der Waals surface area (Å²) in [5.74, 6) is 2.36. The summed E-state index contributed by atoms with van der Waals surface area (Å²) in [5.41, 5.74) is 6.97. The van der Waals surface area contributed by atoms with Crippen molar-refractivity contribution in [1.82, 2.24) is 9.97 Å². The van der Waals surface area contributed by atoms with E-state index in [1.54, 1.807) is 19.4 Å². The van der Waals surface area contributed by atoms with Gasteiger partial charge >= 0.3 is 0 Å². The van der Waals surface area contributed by atoms with E-state index in [1.807, 2.05) is 6.07 Å². The van der Waals surface area contributed by atoms with E-state index in [0.717, 1.165) is 5.56 Å². The fraction of sp³-hybridized carbons (Fsp3) is 0.167. The molecule has 6 nitrogen and oxygen atoms in total. The molecule has 18 heavy (non-hydrogen) atoms. The average molecular weight is 245 g/mol. The van der Waals surface area contributed by atoms with Crippen molar-refractivity contribution in [3.05, 3.63) is 24.5 Å². The van der Waals surface area contributed by atoms with Crippen LogP contribution in [0.3, 0.4) is 0 Å². The molecule has 0 fully saturated rings. The molecule has 1 aliphatic heterocycles. The highest BCUT2D eigenvalue weighted by Gasteiger charge is 2.19. The zero-order valence-corrected chi connectivity index (χ0v) is 9.71. The highest BCUT2D eigenvalue weighted by atomic mass is 16.7. The quantitative estimate of drug-likeness (QED) is 0.862. The molecule has 0 saturated heterocycles. The Morgan fingerprint density at radius 1 is 1.17 bits per heavy atom. The maximum Gasteiger partial charge on any atom is 0.231 e. The normalized spacial score (nSPS) is 12.5. The Morgan fingerprint density at radius 3 is 2.61 bits per heavy atom. The maximum atomic E-state index is 5.52. The van der Waals surface area contributed by atoms with E-state index in [9.17, 15) is 0 Å². The van der Waals surface area contributed by atoms with Crippen LogP contribution in [0.25, 0.3) is 11.3 Å². The zero-order chi connectivity index (χ0) is 12.5. The fourth-order valence-electron chi connectivity index (χ4n) is 1.77. The van der Waals surface area contributed by atoms with Crippen LogP contribution < -0.4 is 19.9 Å². The van der Waals surface area contributed by atoms with E-state index in [1.165, 1.54) is 6.20 Å². The van der Waals surface area contributed by atoms with E-state index in [-0.39, 0.29) is 6.79 Å². The van der Waals surface area contributed by atoms with Gasteiger partial charge in [0.2, 0.25) is 6.79 Å². The molecule has 1 aromatic heterocycles. The molecule has 2 aromatic rings. The first-order valence-corrected chi connectivity index (χ1v) is 5.33. The summed E-state index contributed by atoms with van der Waals surface area (Å²) < 4.78 is 15.9. The van der Waals surface area contributed by atoms with Gasteiger partial charge in [-0.15, -0.1) is 0 Å². The van der Waals surface area contributed by atoms with Gasteiger partial charge in [0.15, 0.2) is 11.5 Å². The lowest BCUT2D eigenvalue weighted by Crippen LogP contribution is -1.94. The van der Waals surface area contributed by atoms with Gasteiger partial charge in [-0.1, -0.05) is 0 Å². The number of benzene rings is 1. The first kappa shape index (κ1) is 10.6. The lowest BCUT2D eigenvalue weighted by atomic mass is 10.1. The molecule has 0 bridgehead atoms. The molecule has 6 heteroatoms. The summed E-state index contributed by atoms with van der Waals surface area (Å²) in [6.45, 7) is 0.218. The summed E-state index contributed by atoms with van der Waals surface area (Å²) in [5, 5.41) is 0. The Kier molecular flexibility index (Phi) is 2.40. The molecule has 92 valence electrons. The van der Waals surface area contributed by atoms with Crippen LogP contribution in [0.1, 0.15) is 0 Å². The number of methoxy groups -OCH3 is 1. The predicted molar refractivity (Wildman–Crippen MR) is 64.6 cm³/mol. The molecule has 2 N–H and O–H groups in total. The monoisotopic (exact) mass is 245 g/mol. The van der Waals surface area contributed by atoms with Crippen LogP contribution in [0.4, 0.5) is 5.82 Å². The third-order valence-corrected chi connectivity index (χ3v) is 2.64. The van der Waals surface area contributed by atoms with Crippen LogP contribution in [-0.2, 0) is 0 Å². The van der Waals surface area contributed by atoms with Crippen LogP contribution in [-0.4, -0.2) is 23.9 Å². The molecule has 0 unspecified atom stereocenters. The Labute approximate surface area is 103 Å². The largest absolute Gasteiger partial charge is 0.496 e. The van der Waals surface area contributed by atoms with Crippen LogP contribution in [0, 0.1) is 0 Å². The number of fused-ring (bicyclic) bond motifs is 1. The summed E-state index contributed by atoms with van der Waals surface area (Å²) in [6, 6.07) is 3.59. The molecule has 0 radical (unpaired) electrons. The smallest absolute Gasteiger partial charge is 0.231 e. The van der Waals surface area contributed by atoms with Crippen LogP contribution in [0.15, 0.2) is 24.5 Å². The maximum absolute atomic E-state index is 5.52. The van der Waals surface area contributed by atoms with Gasteiger partial charge in [-0.3, -0.25) is 4.98 Å². The van der Waals surface area contributed by atoms with Crippen LogP contribution in [0.2, 0.25) is 0 Å². The van der Waals surface area contributed by atoms with E-state index in [4.69, 9.17) is 19.9 Å². The Morgan fingerprint density at radius 2 is 1.94 bits per heavy atom. The van der Waals surface area contributed by atoms with E-state index < -0.39 is 0 Å². The molecule has 0 amide bonds. The third-order valence-electron chi connectivity index (χ3n) is 2.64. The number of hydrogen-bond donors (Lipinski definition) is 1. The molecule has 2 heterocycles. The van der Waals surface area contributed by atoms with Gasteiger partial charge in [0.05, 0.1) is 25.2 Å². The zero-order valence-electron chi connectivity index (χ0n) is 9.71. The number of nitrogens with two attached hydrogens (primary N) is 1. The molecular weight excluding hydrogens is 234 g/mol. The molecule has 0 atom stereocenters. The number of rotatable bonds is 2. The highest BCUT2D eigenvalue weighted by molar-refractivity contribution is 5.71.